The van der Waals surface area contributed by atoms with Gasteiger partial charge in [-0.05, 0) is 31.1 Å². The fourth-order valence-electron chi connectivity index (χ4n) is 3.02. The van der Waals surface area contributed by atoms with Gasteiger partial charge in [-0.1, -0.05) is 13.8 Å². The summed E-state index contributed by atoms with van der Waals surface area (Å²) in [6, 6.07) is 0.633. The van der Waals surface area contributed by atoms with Crippen molar-refractivity contribution in [3.63, 3.8) is 0 Å². The number of fused-ring (bicyclic) bond motifs is 1. The fourth-order valence-corrected chi connectivity index (χ4v) is 3.02. The van der Waals surface area contributed by atoms with Gasteiger partial charge in [0.2, 0.25) is 0 Å². The van der Waals surface area contributed by atoms with Crippen LogP contribution in [0.2, 0.25) is 0 Å². The smallest absolute Gasteiger partial charge is 0.0957 e. The van der Waals surface area contributed by atoms with E-state index in [4.69, 9.17) is 10.1 Å². The molecule has 0 bridgehead atoms. The van der Waals surface area contributed by atoms with Crippen molar-refractivity contribution in [2.75, 3.05) is 13.2 Å². The van der Waals surface area contributed by atoms with E-state index in [1.165, 1.54) is 19.3 Å². The Morgan fingerprint density at radius 3 is 2.88 bits per heavy atom. The minimum atomic E-state index is 0.485. The number of piperidine rings is 1. The first-order valence-corrected chi connectivity index (χ1v) is 7.09. The van der Waals surface area contributed by atoms with Gasteiger partial charge in [-0.2, -0.15) is 0 Å². The highest BCUT2D eigenvalue weighted by molar-refractivity contribution is 5.79. The average Bonchev–Trinajstić information content (AvgIpc) is 3.21. The summed E-state index contributed by atoms with van der Waals surface area (Å²) in [4.78, 5) is 2.31. The second kappa shape index (κ2) is 3.98. The molecule has 0 aromatic heterocycles. The van der Waals surface area contributed by atoms with Crippen molar-refractivity contribution in [3.8, 4) is 0 Å². The van der Waals surface area contributed by atoms with Gasteiger partial charge in [0, 0.05) is 24.9 Å². The first kappa shape index (κ1) is 11.5. The molecule has 17 heavy (non-hydrogen) atoms. The van der Waals surface area contributed by atoms with Crippen LogP contribution in [0.1, 0.15) is 46.0 Å². The minimum absolute atomic E-state index is 0.485. The molecule has 3 rings (SSSR count). The van der Waals surface area contributed by atoms with Crippen molar-refractivity contribution >= 4 is 5.84 Å². The van der Waals surface area contributed by atoms with Gasteiger partial charge in [0.25, 0.3) is 0 Å². The van der Waals surface area contributed by atoms with Crippen molar-refractivity contribution < 1.29 is 4.74 Å². The topological polar surface area (TPSA) is 36.3 Å². The molecule has 1 N–H and O–H groups in total. The molecule has 3 atom stereocenters. The van der Waals surface area contributed by atoms with Crippen molar-refractivity contribution in [2.45, 2.75) is 58.1 Å². The molecule has 1 aliphatic heterocycles. The second-order valence-corrected chi connectivity index (χ2v) is 6.41. The van der Waals surface area contributed by atoms with E-state index in [1.54, 1.807) is 0 Å². The van der Waals surface area contributed by atoms with Gasteiger partial charge in [-0.3, -0.25) is 5.41 Å². The molecule has 3 unspecified atom stereocenters. The van der Waals surface area contributed by atoms with E-state index < -0.39 is 0 Å². The molecular formula is C14H24N2O. The number of hydrogen-bond donors (Lipinski definition) is 1. The molecule has 1 heterocycles. The van der Waals surface area contributed by atoms with Crippen LogP contribution in [0.4, 0.5) is 0 Å². The number of hydrogen-bond acceptors (Lipinski definition) is 2. The summed E-state index contributed by atoms with van der Waals surface area (Å²) in [5.74, 6) is 1.54. The molecule has 0 spiro atoms. The zero-order valence-electron chi connectivity index (χ0n) is 11.0. The molecule has 0 aromatic carbocycles. The molecule has 3 fully saturated rings. The number of nitrogens with one attached hydrogen (secondary N) is 1. The summed E-state index contributed by atoms with van der Waals surface area (Å²) in [6.45, 7) is 6.41. The highest BCUT2D eigenvalue weighted by atomic mass is 16.5. The maximum absolute atomic E-state index is 7.95. The zero-order valence-corrected chi connectivity index (χ0v) is 11.0. The van der Waals surface area contributed by atoms with Crippen molar-refractivity contribution in [1.82, 2.24) is 4.90 Å². The first-order chi connectivity index (χ1) is 8.13. The van der Waals surface area contributed by atoms with Crippen LogP contribution in [-0.4, -0.2) is 36.0 Å². The maximum Gasteiger partial charge on any atom is 0.0957 e. The van der Waals surface area contributed by atoms with Gasteiger partial charge >= 0.3 is 0 Å². The van der Waals surface area contributed by atoms with Crippen LogP contribution >= 0.6 is 0 Å². The van der Waals surface area contributed by atoms with Crippen LogP contribution in [0, 0.1) is 16.7 Å². The zero-order chi connectivity index (χ0) is 12.0. The molecule has 3 nitrogen and oxygen atoms in total. The van der Waals surface area contributed by atoms with E-state index in [0.717, 1.165) is 37.7 Å². The molecule has 3 aliphatic rings. The lowest BCUT2D eigenvalue weighted by molar-refractivity contribution is -0.00982. The van der Waals surface area contributed by atoms with Crippen molar-refractivity contribution in [1.29, 1.82) is 5.41 Å². The minimum Gasteiger partial charge on any atom is -0.377 e. The van der Waals surface area contributed by atoms with Gasteiger partial charge in [0.1, 0.15) is 0 Å². The number of amidine groups is 1. The highest BCUT2D eigenvalue weighted by Gasteiger charge is 2.51. The fraction of sp³-hybridized carbons (Fsp3) is 0.929. The van der Waals surface area contributed by atoms with Crippen LogP contribution in [0.5, 0.6) is 0 Å². The Bertz CT molecular complexity index is 324. The Kier molecular flexibility index (Phi) is 2.69. The number of likely N-dealkylation sites (tertiary alicyclic amines) is 1. The Hall–Kier alpha value is -0.570. The van der Waals surface area contributed by atoms with E-state index in [1.807, 2.05) is 0 Å². The molecule has 2 aliphatic carbocycles. The lowest BCUT2D eigenvalue weighted by Crippen LogP contribution is -2.42. The molecule has 0 aromatic rings. The Morgan fingerprint density at radius 2 is 2.24 bits per heavy atom. The SMILES string of the molecule is CCC(=N)N1CCC(OCC2(C)CC2)C2CC21. The third-order valence-corrected chi connectivity index (χ3v) is 4.77. The van der Waals surface area contributed by atoms with Crippen LogP contribution in [0.15, 0.2) is 0 Å². The predicted octanol–water partition coefficient (Wildman–Crippen LogP) is 2.65. The van der Waals surface area contributed by atoms with Gasteiger partial charge < -0.3 is 9.64 Å². The van der Waals surface area contributed by atoms with Gasteiger partial charge in [0.15, 0.2) is 0 Å². The van der Waals surface area contributed by atoms with Gasteiger partial charge in [0.05, 0.1) is 18.5 Å². The highest BCUT2D eigenvalue weighted by Crippen LogP contribution is 2.48. The summed E-state index contributed by atoms with van der Waals surface area (Å²) in [5.41, 5.74) is 0.512. The van der Waals surface area contributed by atoms with E-state index in [2.05, 4.69) is 18.7 Å². The third kappa shape index (κ3) is 2.22. The van der Waals surface area contributed by atoms with E-state index in [0.29, 0.717) is 17.6 Å². The summed E-state index contributed by atoms with van der Waals surface area (Å²) in [6.07, 6.45) is 6.43. The summed E-state index contributed by atoms with van der Waals surface area (Å²) in [7, 11) is 0. The summed E-state index contributed by atoms with van der Waals surface area (Å²) < 4.78 is 6.13. The molecule has 2 saturated carbocycles. The van der Waals surface area contributed by atoms with Crippen LogP contribution in [-0.2, 0) is 4.74 Å². The molecule has 96 valence electrons. The lowest BCUT2D eigenvalue weighted by Gasteiger charge is -2.33. The lowest BCUT2D eigenvalue weighted by atomic mass is 10.1. The second-order valence-electron chi connectivity index (χ2n) is 6.41. The van der Waals surface area contributed by atoms with Gasteiger partial charge in [-0.25, -0.2) is 0 Å². The normalized spacial score (nSPS) is 37.5. The van der Waals surface area contributed by atoms with E-state index in [-0.39, 0.29) is 0 Å². The van der Waals surface area contributed by atoms with E-state index >= 15 is 0 Å². The van der Waals surface area contributed by atoms with Crippen LogP contribution in [0.25, 0.3) is 0 Å². The largest absolute Gasteiger partial charge is 0.377 e. The Morgan fingerprint density at radius 1 is 1.47 bits per heavy atom. The quantitative estimate of drug-likeness (QED) is 0.602. The average molecular weight is 236 g/mol. The molecule has 0 amide bonds. The summed E-state index contributed by atoms with van der Waals surface area (Å²) >= 11 is 0. The third-order valence-electron chi connectivity index (χ3n) is 4.77. The monoisotopic (exact) mass is 236 g/mol. The van der Waals surface area contributed by atoms with Crippen LogP contribution in [0.3, 0.4) is 0 Å². The maximum atomic E-state index is 7.95. The molecule has 0 radical (unpaired) electrons. The molecule has 3 heteroatoms. The number of rotatable bonds is 4. The Labute approximate surface area is 104 Å². The van der Waals surface area contributed by atoms with Gasteiger partial charge in [-0.15, -0.1) is 0 Å². The van der Waals surface area contributed by atoms with E-state index in [9.17, 15) is 0 Å². The standard InChI is InChI=1S/C14H24N2O/c1-3-13(15)16-7-4-12(10-8-11(10)16)17-9-14(2)5-6-14/h10-12,15H,3-9H2,1-2H3. The molecular weight excluding hydrogens is 212 g/mol. The van der Waals surface area contributed by atoms with Crippen molar-refractivity contribution in [2.24, 2.45) is 11.3 Å². The number of nitrogens with zero attached hydrogens (tertiary/aromatic N) is 1. The van der Waals surface area contributed by atoms with Crippen LogP contribution < -0.4 is 0 Å². The first-order valence-electron chi connectivity index (χ1n) is 7.09. The summed E-state index contributed by atoms with van der Waals surface area (Å²) in [5, 5.41) is 7.95. The number of ether oxygens (including phenoxy) is 1. The molecule has 1 saturated heterocycles. The predicted molar refractivity (Wildman–Crippen MR) is 68.3 cm³/mol. The van der Waals surface area contributed by atoms with Crippen molar-refractivity contribution in [3.05, 3.63) is 0 Å². The Balaban J connectivity index is 1.50.